The van der Waals surface area contributed by atoms with E-state index in [0.29, 0.717) is 12.1 Å². The molecular formula is C7H3ClF5NO2S. The van der Waals surface area contributed by atoms with Crippen molar-refractivity contribution in [3.8, 4) is 0 Å². The lowest BCUT2D eigenvalue weighted by molar-refractivity contribution is -0.143. The third-order valence-electron chi connectivity index (χ3n) is 1.63. The van der Waals surface area contributed by atoms with Crippen molar-refractivity contribution in [1.29, 1.82) is 0 Å². The molecule has 0 aromatic carbocycles. The lowest BCUT2D eigenvalue weighted by Crippen LogP contribution is -2.14. The summed E-state index contributed by atoms with van der Waals surface area (Å²) in [6.45, 7) is 0. The van der Waals surface area contributed by atoms with Gasteiger partial charge in [0, 0.05) is 10.7 Å². The van der Waals surface area contributed by atoms with Gasteiger partial charge in [-0.25, -0.2) is 22.2 Å². The van der Waals surface area contributed by atoms with Gasteiger partial charge < -0.3 is 0 Å². The van der Waals surface area contributed by atoms with E-state index < -0.39 is 37.9 Å². The summed E-state index contributed by atoms with van der Waals surface area (Å²) in [7, 11) is 0.0321. The molecule has 3 nitrogen and oxygen atoms in total. The van der Waals surface area contributed by atoms with E-state index in [-0.39, 0.29) is 0 Å². The van der Waals surface area contributed by atoms with Crippen LogP contribution in [0, 0.1) is 0 Å². The Hall–Kier alpha value is -0.960. The first-order valence-corrected chi connectivity index (χ1v) is 6.15. The number of halogens is 6. The average Bonchev–Trinajstić information content (AvgIpc) is 2.14. The lowest BCUT2D eigenvalue weighted by Gasteiger charge is -2.11. The Morgan fingerprint density at radius 1 is 1.24 bits per heavy atom. The van der Waals surface area contributed by atoms with E-state index in [1.807, 2.05) is 0 Å². The average molecular weight is 296 g/mol. The van der Waals surface area contributed by atoms with Crippen LogP contribution >= 0.6 is 10.7 Å². The summed E-state index contributed by atoms with van der Waals surface area (Å²) in [5.74, 6) is 0. The summed E-state index contributed by atoms with van der Waals surface area (Å²) in [6, 6.07) is 0.814. The fourth-order valence-corrected chi connectivity index (χ4v) is 1.98. The lowest BCUT2D eigenvalue weighted by atomic mass is 10.3. The summed E-state index contributed by atoms with van der Waals surface area (Å²) in [4.78, 5) is 1.22. The quantitative estimate of drug-likeness (QED) is 0.622. The number of hydrogen-bond donors (Lipinski definition) is 0. The number of aromatic nitrogens is 1. The first kappa shape index (κ1) is 14.1. The molecule has 1 rings (SSSR count). The highest BCUT2D eigenvalue weighted by Gasteiger charge is 2.39. The Morgan fingerprint density at radius 3 is 2.12 bits per heavy atom. The van der Waals surface area contributed by atoms with Crippen molar-refractivity contribution in [2.45, 2.75) is 17.5 Å². The van der Waals surface area contributed by atoms with Crippen molar-refractivity contribution in [2.75, 3.05) is 0 Å². The maximum atomic E-state index is 12.4. The van der Waals surface area contributed by atoms with Gasteiger partial charge in [-0.2, -0.15) is 13.2 Å². The molecule has 0 fully saturated rings. The van der Waals surface area contributed by atoms with Crippen LogP contribution in [0.2, 0.25) is 0 Å². The van der Waals surface area contributed by atoms with Crippen molar-refractivity contribution in [3.63, 3.8) is 0 Å². The van der Waals surface area contributed by atoms with Crippen LogP contribution < -0.4 is 0 Å². The molecule has 0 bridgehead atoms. The van der Waals surface area contributed by atoms with Crippen molar-refractivity contribution in [2.24, 2.45) is 0 Å². The largest absolute Gasteiger partial charge is 0.434 e. The minimum absolute atomic E-state index is 0.347. The number of hydrogen-bond acceptors (Lipinski definition) is 3. The Morgan fingerprint density at radius 2 is 1.76 bits per heavy atom. The summed E-state index contributed by atoms with van der Waals surface area (Å²) in [5.41, 5.74) is -3.13. The van der Waals surface area contributed by atoms with E-state index in [1.165, 1.54) is 0 Å². The second-order valence-electron chi connectivity index (χ2n) is 2.82. The van der Waals surface area contributed by atoms with Gasteiger partial charge in [-0.3, -0.25) is 0 Å². The molecule has 0 atom stereocenters. The van der Waals surface area contributed by atoms with Gasteiger partial charge in [0.1, 0.15) is 10.6 Å². The molecule has 1 heterocycles. The summed E-state index contributed by atoms with van der Waals surface area (Å²) in [5, 5.41) is 0. The van der Waals surface area contributed by atoms with E-state index in [1.54, 1.807) is 0 Å². The number of alkyl halides is 5. The van der Waals surface area contributed by atoms with E-state index in [9.17, 15) is 30.4 Å². The van der Waals surface area contributed by atoms with Crippen molar-refractivity contribution >= 4 is 19.7 Å². The highest BCUT2D eigenvalue weighted by molar-refractivity contribution is 8.13. The van der Waals surface area contributed by atoms with Crippen LogP contribution in [-0.2, 0) is 15.2 Å². The first-order chi connectivity index (χ1) is 7.53. The van der Waals surface area contributed by atoms with Crippen LogP contribution in [0.1, 0.15) is 17.8 Å². The first-order valence-electron chi connectivity index (χ1n) is 3.84. The van der Waals surface area contributed by atoms with Crippen LogP contribution in [0.25, 0.3) is 0 Å². The predicted octanol–water partition coefficient (Wildman–Crippen LogP) is 2.97. The number of pyridine rings is 1. The van der Waals surface area contributed by atoms with Gasteiger partial charge in [-0.1, -0.05) is 0 Å². The molecule has 0 aliphatic rings. The zero-order chi connectivity index (χ0) is 13.4. The summed E-state index contributed by atoms with van der Waals surface area (Å²) >= 11 is 0. The molecule has 96 valence electrons. The van der Waals surface area contributed by atoms with Gasteiger partial charge in [0.25, 0.3) is 15.5 Å². The molecule has 0 radical (unpaired) electrons. The molecule has 0 N–H and O–H groups in total. The van der Waals surface area contributed by atoms with Crippen LogP contribution in [-0.4, -0.2) is 13.4 Å². The van der Waals surface area contributed by atoms with E-state index >= 15 is 0 Å². The monoisotopic (exact) mass is 295 g/mol. The van der Waals surface area contributed by atoms with Gasteiger partial charge >= 0.3 is 6.18 Å². The van der Waals surface area contributed by atoms with E-state index in [0.717, 1.165) is 0 Å². The minimum Gasteiger partial charge on any atom is -0.241 e. The molecule has 17 heavy (non-hydrogen) atoms. The highest BCUT2D eigenvalue weighted by atomic mass is 35.7. The molecular weight excluding hydrogens is 293 g/mol. The predicted molar refractivity (Wildman–Crippen MR) is 47.2 cm³/mol. The van der Waals surface area contributed by atoms with Crippen LogP contribution in [0.5, 0.6) is 0 Å². The number of nitrogens with zero attached hydrogens (tertiary/aromatic N) is 1. The third kappa shape index (κ3) is 3.25. The zero-order valence-electron chi connectivity index (χ0n) is 7.67. The van der Waals surface area contributed by atoms with Gasteiger partial charge in [0.15, 0.2) is 5.69 Å². The normalized spacial score (nSPS) is 13.1. The maximum Gasteiger partial charge on any atom is 0.434 e. The van der Waals surface area contributed by atoms with Gasteiger partial charge in [-0.15, -0.1) is 0 Å². The molecule has 0 saturated carbocycles. The van der Waals surface area contributed by atoms with Gasteiger partial charge in [0.2, 0.25) is 0 Å². The Labute approximate surface area is 96.6 Å². The molecule has 10 heteroatoms. The Kier molecular flexibility index (Phi) is 3.63. The van der Waals surface area contributed by atoms with E-state index in [4.69, 9.17) is 10.7 Å². The van der Waals surface area contributed by atoms with Crippen molar-refractivity contribution in [1.82, 2.24) is 4.98 Å². The van der Waals surface area contributed by atoms with Crippen LogP contribution in [0.15, 0.2) is 17.0 Å². The maximum absolute atomic E-state index is 12.4. The van der Waals surface area contributed by atoms with Crippen molar-refractivity contribution in [3.05, 3.63) is 23.5 Å². The Bertz CT molecular complexity index is 528. The van der Waals surface area contributed by atoms with Gasteiger partial charge in [-0.05, 0) is 12.1 Å². The highest BCUT2D eigenvalue weighted by Crippen LogP contribution is 2.35. The molecule has 0 spiro atoms. The zero-order valence-corrected chi connectivity index (χ0v) is 9.24. The summed E-state index contributed by atoms with van der Waals surface area (Å²) < 4.78 is 83.1. The number of rotatable bonds is 2. The third-order valence-corrected chi connectivity index (χ3v) is 2.99. The molecule has 0 aliphatic heterocycles. The Balaban J connectivity index is 3.55. The molecule has 0 saturated heterocycles. The second kappa shape index (κ2) is 4.37. The molecule has 0 amide bonds. The fourth-order valence-electron chi connectivity index (χ4n) is 0.983. The van der Waals surface area contributed by atoms with Crippen molar-refractivity contribution < 1.29 is 30.4 Å². The summed E-state index contributed by atoms with van der Waals surface area (Å²) in [6.07, 6.45) is -8.44. The smallest absolute Gasteiger partial charge is 0.241 e. The molecule has 1 aromatic rings. The molecule has 0 aliphatic carbocycles. The molecule has 1 aromatic heterocycles. The molecule has 0 unspecified atom stereocenters. The van der Waals surface area contributed by atoms with Gasteiger partial charge in [0.05, 0.1) is 0 Å². The van der Waals surface area contributed by atoms with E-state index in [2.05, 4.69) is 4.98 Å². The van der Waals surface area contributed by atoms with Crippen LogP contribution in [0.3, 0.4) is 0 Å². The minimum atomic E-state index is -5.19. The SMILES string of the molecule is O=S(=O)(Cl)c1ccc(C(F)F)nc1C(F)(F)F. The second-order valence-corrected chi connectivity index (χ2v) is 5.35. The van der Waals surface area contributed by atoms with Crippen LogP contribution in [0.4, 0.5) is 22.0 Å². The topological polar surface area (TPSA) is 47.0 Å². The standard InChI is InChI=1S/C7H3ClF5NO2S/c8-17(15,16)4-2-1-3(6(9)10)14-5(4)7(11,12)13/h1-2,6H. The fraction of sp³-hybridized carbons (Fsp3) is 0.286.